The average molecular weight is 389 g/mol. The molecule has 9 heteroatoms. The number of aromatic nitrogens is 6. The lowest BCUT2D eigenvalue weighted by Gasteiger charge is -2.05. The summed E-state index contributed by atoms with van der Waals surface area (Å²) < 4.78 is 8.54. The van der Waals surface area contributed by atoms with Gasteiger partial charge in [-0.05, 0) is 11.6 Å². The van der Waals surface area contributed by atoms with E-state index in [-0.39, 0.29) is 5.88 Å². The lowest BCUT2D eigenvalue weighted by molar-refractivity contribution is 0.201. The van der Waals surface area contributed by atoms with Crippen LogP contribution < -0.4 is 10.1 Å². The Labute approximate surface area is 167 Å². The van der Waals surface area contributed by atoms with Gasteiger partial charge in [-0.2, -0.15) is 5.10 Å². The van der Waals surface area contributed by atoms with E-state index in [2.05, 4.69) is 25.5 Å². The summed E-state index contributed by atoms with van der Waals surface area (Å²) in [6, 6.07) is 7.97. The van der Waals surface area contributed by atoms with Gasteiger partial charge in [0.25, 0.3) is 5.88 Å². The largest absolute Gasteiger partial charge is 0.413 e. The van der Waals surface area contributed by atoms with Crippen LogP contribution in [-0.2, 0) is 14.1 Å². The van der Waals surface area contributed by atoms with Gasteiger partial charge < -0.3 is 10.1 Å². The average Bonchev–Trinajstić information content (AvgIpc) is 3.33. The normalized spacial score (nSPS) is 10.7. The first-order chi connectivity index (χ1) is 14.0. The quantitative estimate of drug-likeness (QED) is 0.576. The van der Waals surface area contributed by atoms with E-state index >= 15 is 0 Å². The van der Waals surface area contributed by atoms with E-state index in [0.29, 0.717) is 17.0 Å². The molecule has 0 atom stereocenters. The second-order valence-corrected chi connectivity index (χ2v) is 6.44. The zero-order valence-electron chi connectivity index (χ0n) is 16.2. The number of ether oxygens (including phenoxy) is 1. The number of rotatable bonds is 4. The lowest BCUT2D eigenvalue weighted by Crippen LogP contribution is -2.22. The molecule has 3 aromatic heterocycles. The highest BCUT2D eigenvalue weighted by Gasteiger charge is 2.15. The molecular formula is C20H19N7O2. The van der Waals surface area contributed by atoms with Crippen molar-refractivity contribution in [3.63, 3.8) is 0 Å². The monoisotopic (exact) mass is 389 g/mol. The molecule has 0 saturated carbocycles. The van der Waals surface area contributed by atoms with Crippen molar-refractivity contribution in [1.29, 1.82) is 0 Å². The van der Waals surface area contributed by atoms with Crippen molar-refractivity contribution in [2.24, 2.45) is 14.1 Å². The molecule has 0 bridgehead atoms. The number of nitrogens with zero attached hydrogens (tertiary/aromatic N) is 6. The van der Waals surface area contributed by atoms with Crippen molar-refractivity contribution < 1.29 is 9.53 Å². The number of amides is 1. The smallest absolute Gasteiger partial charge is 0.389 e. The van der Waals surface area contributed by atoms with Crippen molar-refractivity contribution >= 4 is 6.09 Å². The van der Waals surface area contributed by atoms with Crippen molar-refractivity contribution in [3.05, 3.63) is 55.2 Å². The Morgan fingerprint density at radius 1 is 0.966 bits per heavy atom. The Bertz CT molecular complexity index is 1160. The molecular weight excluding hydrogens is 370 g/mol. The lowest BCUT2D eigenvalue weighted by atomic mass is 10.1. The molecule has 146 valence electrons. The zero-order valence-corrected chi connectivity index (χ0v) is 16.2. The highest BCUT2D eigenvalue weighted by Crippen LogP contribution is 2.29. The molecule has 0 aliphatic rings. The Morgan fingerprint density at radius 3 is 2.41 bits per heavy atom. The minimum atomic E-state index is -0.588. The van der Waals surface area contributed by atoms with Crippen LogP contribution in [0.2, 0.25) is 0 Å². The number of hydrogen-bond donors (Lipinski definition) is 1. The Hall–Kier alpha value is -4.01. The summed E-state index contributed by atoms with van der Waals surface area (Å²) in [6.07, 6.45) is 8.31. The molecule has 0 unspecified atom stereocenters. The molecule has 4 rings (SSSR count). The van der Waals surface area contributed by atoms with Crippen LogP contribution in [-0.4, -0.2) is 42.7 Å². The van der Waals surface area contributed by atoms with E-state index in [4.69, 9.17) is 4.74 Å². The third-order valence-corrected chi connectivity index (χ3v) is 4.31. The van der Waals surface area contributed by atoms with E-state index in [0.717, 1.165) is 16.7 Å². The SMILES string of the molecule is CNC(=O)Oc1nn(C)cc1-c1cnc(-c2cccc(-c3cnn(C)c3)c2)nc1. The summed E-state index contributed by atoms with van der Waals surface area (Å²) in [6.45, 7) is 0. The molecule has 0 radical (unpaired) electrons. The molecule has 0 saturated heterocycles. The topological polar surface area (TPSA) is 99.7 Å². The summed E-state index contributed by atoms with van der Waals surface area (Å²) in [5, 5.41) is 10.8. The highest BCUT2D eigenvalue weighted by atomic mass is 16.6. The van der Waals surface area contributed by atoms with Gasteiger partial charge in [-0.3, -0.25) is 9.36 Å². The first-order valence-corrected chi connectivity index (χ1v) is 8.88. The molecule has 0 aliphatic heterocycles. The molecule has 0 aliphatic carbocycles. The van der Waals surface area contributed by atoms with Crippen molar-refractivity contribution in [1.82, 2.24) is 34.8 Å². The Balaban J connectivity index is 1.63. The highest BCUT2D eigenvalue weighted by molar-refractivity contribution is 5.75. The third-order valence-electron chi connectivity index (χ3n) is 4.31. The minimum Gasteiger partial charge on any atom is -0.389 e. The summed E-state index contributed by atoms with van der Waals surface area (Å²) in [5.41, 5.74) is 4.29. The van der Waals surface area contributed by atoms with Gasteiger partial charge in [0.1, 0.15) is 0 Å². The van der Waals surface area contributed by atoms with Gasteiger partial charge >= 0.3 is 6.09 Å². The summed E-state index contributed by atoms with van der Waals surface area (Å²) in [5.74, 6) is 0.791. The predicted octanol–water partition coefficient (Wildman–Crippen LogP) is 2.66. The zero-order chi connectivity index (χ0) is 20.4. The molecule has 3 heterocycles. The molecule has 1 aromatic carbocycles. The van der Waals surface area contributed by atoms with E-state index < -0.39 is 6.09 Å². The number of hydrogen-bond acceptors (Lipinski definition) is 6. The van der Waals surface area contributed by atoms with Gasteiger partial charge in [-0.15, -0.1) is 5.10 Å². The maximum atomic E-state index is 11.5. The fourth-order valence-corrected chi connectivity index (χ4v) is 2.90. The maximum absolute atomic E-state index is 11.5. The van der Waals surface area contributed by atoms with Gasteiger partial charge in [0.15, 0.2) is 5.82 Å². The maximum Gasteiger partial charge on any atom is 0.413 e. The number of nitrogens with one attached hydrogen (secondary N) is 1. The van der Waals surface area contributed by atoms with E-state index in [1.807, 2.05) is 43.7 Å². The number of benzene rings is 1. The third kappa shape index (κ3) is 3.84. The Kier molecular flexibility index (Phi) is 4.78. The van der Waals surface area contributed by atoms with Gasteiger partial charge in [-0.1, -0.05) is 18.2 Å². The minimum absolute atomic E-state index is 0.196. The van der Waals surface area contributed by atoms with Crippen molar-refractivity contribution in [2.75, 3.05) is 7.05 Å². The van der Waals surface area contributed by atoms with E-state index in [1.54, 1.807) is 35.0 Å². The van der Waals surface area contributed by atoms with Crippen LogP contribution in [0.3, 0.4) is 0 Å². The summed E-state index contributed by atoms with van der Waals surface area (Å²) >= 11 is 0. The fraction of sp³-hybridized carbons (Fsp3) is 0.150. The fourth-order valence-electron chi connectivity index (χ4n) is 2.90. The first-order valence-electron chi connectivity index (χ1n) is 8.88. The molecule has 4 aromatic rings. The second-order valence-electron chi connectivity index (χ2n) is 6.44. The van der Waals surface area contributed by atoms with Crippen molar-refractivity contribution in [3.8, 4) is 39.5 Å². The van der Waals surface area contributed by atoms with Gasteiger partial charge in [-0.25, -0.2) is 14.8 Å². The van der Waals surface area contributed by atoms with E-state index in [1.165, 1.54) is 7.05 Å². The van der Waals surface area contributed by atoms with Gasteiger partial charge in [0.2, 0.25) is 0 Å². The molecule has 0 spiro atoms. The molecule has 9 nitrogen and oxygen atoms in total. The van der Waals surface area contributed by atoms with Crippen LogP contribution in [0.15, 0.2) is 55.2 Å². The number of carbonyl (C=O) groups is 1. The summed E-state index contributed by atoms with van der Waals surface area (Å²) in [4.78, 5) is 20.5. The summed E-state index contributed by atoms with van der Waals surface area (Å²) in [7, 11) is 5.12. The van der Waals surface area contributed by atoms with Gasteiger partial charge in [0.05, 0.1) is 11.8 Å². The number of carbonyl (C=O) groups excluding carboxylic acids is 1. The predicted molar refractivity (Wildman–Crippen MR) is 107 cm³/mol. The van der Waals surface area contributed by atoms with Crippen molar-refractivity contribution in [2.45, 2.75) is 0 Å². The molecule has 29 heavy (non-hydrogen) atoms. The van der Waals surface area contributed by atoms with Crippen LogP contribution in [0.5, 0.6) is 5.88 Å². The standard InChI is InChI=1S/C20H19N7O2/c1-21-20(28)29-19-17(12-27(3)25-19)15-8-22-18(23-9-15)14-6-4-5-13(7-14)16-10-24-26(2)11-16/h4-12H,1-3H3,(H,21,28). The van der Waals surface area contributed by atoms with Crippen LogP contribution >= 0.6 is 0 Å². The molecule has 1 N–H and O–H groups in total. The van der Waals surface area contributed by atoms with Gasteiger partial charge in [0, 0.05) is 62.6 Å². The Morgan fingerprint density at radius 2 is 1.72 bits per heavy atom. The molecule has 0 fully saturated rings. The molecule has 1 amide bonds. The number of aryl methyl sites for hydroxylation is 2. The van der Waals surface area contributed by atoms with Crippen LogP contribution in [0, 0.1) is 0 Å². The van der Waals surface area contributed by atoms with E-state index in [9.17, 15) is 4.79 Å². The van der Waals surface area contributed by atoms with Crippen LogP contribution in [0.25, 0.3) is 33.6 Å². The van der Waals surface area contributed by atoms with Crippen LogP contribution in [0.1, 0.15) is 0 Å². The van der Waals surface area contributed by atoms with Crippen LogP contribution in [0.4, 0.5) is 4.79 Å². The second kappa shape index (κ2) is 7.55. The first kappa shape index (κ1) is 18.4.